The molecule has 1 aromatic carbocycles. The first-order valence-corrected chi connectivity index (χ1v) is 5.60. The van der Waals surface area contributed by atoms with Gasteiger partial charge in [0.15, 0.2) is 0 Å². The quantitative estimate of drug-likeness (QED) is 0.555. The van der Waals surface area contributed by atoms with Gasteiger partial charge in [-0.25, -0.2) is 0 Å². The minimum Gasteiger partial charge on any atom is -0.344 e. The van der Waals surface area contributed by atoms with Crippen LogP contribution in [0.4, 0.5) is 11.4 Å². The van der Waals surface area contributed by atoms with Crippen LogP contribution in [0, 0.1) is 0 Å². The van der Waals surface area contributed by atoms with E-state index < -0.39 is 11.8 Å². The summed E-state index contributed by atoms with van der Waals surface area (Å²) in [6.07, 6.45) is 1.47. The lowest BCUT2D eigenvalue weighted by molar-refractivity contribution is -0.136. The van der Waals surface area contributed by atoms with Crippen molar-refractivity contribution in [1.29, 1.82) is 0 Å². The fourth-order valence-corrected chi connectivity index (χ4v) is 1.31. The molecule has 19 heavy (non-hydrogen) atoms. The molecule has 100 valence electrons. The van der Waals surface area contributed by atoms with Gasteiger partial charge in [0.2, 0.25) is 5.91 Å². The smallest absolute Gasteiger partial charge is 0.313 e. The van der Waals surface area contributed by atoms with Crippen LogP contribution in [0.15, 0.2) is 36.9 Å². The fourth-order valence-electron chi connectivity index (χ4n) is 1.31. The van der Waals surface area contributed by atoms with E-state index in [0.717, 1.165) is 0 Å². The molecule has 0 aliphatic heterocycles. The Morgan fingerprint density at radius 1 is 1.16 bits per heavy atom. The van der Waals surface area contributed by atoms with E-state index in [1.165, 1.54) is 13.0 Å². The summed E-state index contributed by atoms with van der Waals surface area (Å²) >= 11 is 0. The van der Waals surface area contributed by atoms with Gasteiger partial charge in [0.05, 0.1) is 0 Å². The largest absolute Gasteiger partial charge is 0.344 e. The molecule has 0 aliphatic rings. The average Bonchev–Trinajstić information content (AvgIpc) is 2.35. The topological polar surface area (TPSA) is 87.3 Å². The molecule has 1 rings (SSSR count). The van der Waals surface area contributed by atoms with E-state index >= 15 is 0 Å². The SMILES string of the molecule is C=CCNC(=O)C(=O)Nc1cccc(NC(C)=O)c1. The number of benzene rings is 1. The highest BCUT2D eigenvalue weighted by atomic mass is 16.2. The second kappa shape index (κ2) is 6.95. The first-order chi connectivity index (χ1) is 9.02. The second-order valence-corrected chi connectivity index (χ2v) is 3.71. The Morgan fingerprint density at radius 3 is 2.37 bits per heavy atom. The summed E-state index contributed by atoms with van der Waals surface area (Å²) in [6.45, 7) is 5.03. The predicted octanol–water partition coefficient (Wildman–Crippen LogP) is 0.886. The summed E-state index contributed by atoms with van der Waals surface area (Å²) in [5.41, 5.74) is 0.960. The zero-order valence-electron chi connectivity index (χ0n) is 10.5. The van der Waals surface area contributed by atoms with Gasteiger partial charge in [-0.05, 0) is 18.2 Å². The van der Waals surface area contributed by atoms with Crippen molar-refractivity contribution >= 4 is 29.1 Å². The molecule has 6 nitrogen and oxygen atoms in total. The molecule has 1 aromatic rings. The van der Waals surface area contributed by atoms with E-state index in [1.54, 1.807) is 24.3 Å². The van der Waals surface area contributed by atoms with Crippen LogP contribution in [0.2, 0.25) is 0 Å². The van der Waals surface area contributed by atoms with Crippen LogP contribution >= 0.6 is 0 Å². The molecule has 0 fully saturated rings. The predicted molar refractivity (Wildman–Crippen MR) is 72.6 cm³/mol. The Labute approximate surface area is 110 Å². The van der Waals surface area contributed by atoms with Crippen molar-refractivity contribution in [1.82, 2.24) is 5.32 Å². The molecule has 0 saturated heterocycles. The minimum absolute atomic E-state index is 0.216. The van der Waals surface area contributed by atoms with Crippen molar-refractivity contribution < 1.29 is 14.4 Å². The first kappa shape index (κ1) is 14.4. The van der Waals surface area contributed by atoms with Gasteiger partial charge >= 0.3 is 11.8 Å². The summed E-state index contributed by atoms with van der Waals surface area (Å²) < 4.78 is 0. The summed E-state index contributed by atoms with van der Waals surface area (Å²) in [7, 11) is 0. The molecule has 0 unspecified atom stereocenters. The van der Waals surface area contributed by atoms with Gasteiger partial charge in [0.1, 0.15) is 0 Å². The Kier molecular flexibility index (Phi) is 5.28. The van der Waals surface area contributed by atoms with Gasteiger partial charge in [-0.15, -0.1) is 6.58 Å². The highest BCUT2D eigenvalue weighted by Crippen LogP contribution is 2.14. The van der Waals surface area contributed by atoms with Gasteiger partial charge < -0.3 is 16.0 Å². The number of carbonyl (C=O) groups excluding carboxylic acids is 3. The van der Waals surface area contributed by atoms with Crippen molar-refractivity contribution in [3.05, 3.63) is 36.9 Å². The molecule has 0 atom stereocenters. The van der Waals surface area contributed by atoms with Crippen LogP contribution in [0.1, 0.15) is 6.92 Å². The number of rotatable bonds is 4. The van der Waals surface area contributed by atoms with E-state index in [2.05, 4.69) is 22.5 Å². The van der Waals surface area contributed by atoms with E-state index in [1.807, 2.05) is 0 Å². The molecule has 3 N–H and O–H groups in total. The maximum Gasteiger partial charge on any atom is 0.313 e. The van der Waals surface area contributed by atoms with Gasteiger partial charge in [0, 0.05) is 24.8 Å². The zero-order chi connectivity index (χ0) is 14.3. The molecule has 0 saturated carbocycles. The van der Waals surface area contributed by atoms with Gasteiger partial charge in [-0.3, -0.25) is 14.4 Å². The lowest BCUT2D eigenvalue weighted by atomic mass is 10.2. The molecule has 0 aromatic heterocycles. The van der Waals surface area contributed by atoms with Gasteiger partial charge in [-0.1, -0.05) is 12.1 Å². The third-order valence-electron chi connectivity index (χ3n) is 2.05. The van der Waals surface area contributed by atoms with Crippen molar-refractivity contribution in [3.8, 4) is 0 Å². The number of hydrogen-bond acceptors (Lipinski definition) is 3. The number of hydrogen-bond donors (Lipinski definition) is 3. The highest BCUT2D eigenvalue weighted by Gasteiger charge is 2.12. The van der Waals surface area contributed by atoms with E-state index in [0.29, 0.717) is 11.4 Å². The number of carbonyl (C=O) groups is 3. The maximum atomic E-state index is 11.5. The van der Waals surface area contributed by atoms with Crippen LogP contribution < -0.4 is 16.0 Å². The molecule has 0 spiro atoms. The van der Waals surface area contributed by atoms with Gasteiger partial charge in [0.25, 0.3) is 0 Å². The summed E-state index contributed by atoms with van der Waals surface area (Å²) in [4.78, 5) is 33.7. The molecule has 6 heteroatoms. The summed E-state index contributed by atoms with van der Waals surface area (Å²) in [6, 6.07) is 6.50. The van der Waals surface area contributed by atoms with Crippen molar-refractivity contribution in [2.75, 3.05) is 17.2 Å². The lowest BCUT2D eigenvalue weighted by Crippen LogP contribution is -2.35. The average molecular weight is 261 g/mol. The number of nitrogens with one attached hydrogen (secondary N) is 3. The Hall–Kier alpha value is -2.63. The minimum atomic E-state index is -0.776. The van der Waals surface area contributed by atoms with E-state index in [9.17, 15) is 14.4 Å². The molecule has 3 amide bonds. The van der Waals surface area contributed by atoms with Crippen molar-refractivity contribution in [2.24, 2.45) is 0 Å². The first-order valence-electron chi connectivity index (χ1n) is 5.60. The summed E-state index contributed by atoms with van der Waals surface area (Å²) in [5, 5.41) is 7.37. The normalized spacial score (nSPS) is 9.32. The molecule has 0 aliphatic carbocycles. The Morgan fingerprint density at radius 2 is 1.79 bits per heavy atom. The fraction of sp³-hybridized carbons (Fsp3) is 0.154. The number of amides is 3. The van der Waals surface area contributed by atoms with Gasteiger partial charge in [-0.2, -0.15) is 0 Å². The van der Waals surface area contributed by atoms with Crippen LogP contribution in [0.5, 0.6) is 0 Å². The van der Waals surface area contributed by atoms with Crippen molar-refractivity contribution in [2.45, 2.75) is 6.92 Å². The third kappa shape index (κ3) is 5.03. The van der Waals surface area contributed by atoms with Crippen LogP contribution in [0.3, 0.4) is 0 Å². The monoisotopic (exact) mass is 261 g/mol. The third-order valence-corrected chi connectivity index (χ3v) is 2.05. The molecular formula is C13H15N3O3. The van der Waals surface area contributed by atoms with E-state index in [-0.39, 0.29) is 12.5 Å². The lowest BCUT2D eigenvalue weighted by Gasteiger charge is -2.07. The van der Waals surface area contributed by atoms with Crippen LogP contribution in [0.25, 0.3) is 0 Å². The summed E-state index contributed by atoms with van der Waals surface area (Å²) in [5.74, 6) is -1.74. The highest BCUT2D eigenvalue weighted by molar-refractivity contribution is 6.39. The Bertz CT molecular complexity index is 512. The standard InChI is InChI=1S/C13H15N3O3/c1-3-7-14-12(18)13(19)16-11-6-4-5-10(8-11)15-9(2)17/h3-6,8H,1,7H2,2H3,(H,14,18)(H,15,17)(H,16,19). The van der Waals surface area contributed by atoms with Crippen LogP contribution in [-0.2, 0) is 14.4 Å². The molecule has 0 bridgehead atoms. The molecular weight excluding hydrogens is 246 g/mol. The van der Waals surface area contributed by atoms with E-state index in [4.69, 9.17) is 0 Å². The van der Waals surface area contributed by atoms with Crippen molar-refractivity contribution in [3.63, 3.8) is 0 Å². The molecule has 0 heterocycles. The van der Waals surface area contributed by atoms with Crippen LogP contribution in [-0.4, -0.2) is 24.3 Å². The number of anilines is 2. The Balaban J connectivity index is 2.66. The zero-order valence-corrected chi connectivity index (χ0v) is 10.5. The maximum absolute atomic E-state index is 11.5. The molecule has 0 radical (unpaired) electrons. The second-order valence-electron chi connectivity index (χ2n) is 3.71.